The fraction of sp³-hybridized carbons (Fsp3) is 0.133. The molecule has 5 aromatic rings. The van der Waals surface area contributed by atoms with Crippen molar-refractivity contribution in [2.45, 2.75) is 6.92 Å². The number of nitrogens with zero attached hydrogens (tertiary/aromatic N) is 4. The Morgan fingerprint density at radius 3 is 1.92 bits per heavy atom. The van der Waals surface area contributed by atoms with E-state index in [4.69, 9.17) is 9.05 Å². The standard InChI is InChI=1S/C13H12O2P.C8H7N4.C8H11P.CH3.Ir/c1-16(14-12-8-4-2-5-9-12)15-13-10-6-3-7-11-13;1-6-10-8(12-11-6)7-4-2-3-5-9-7;1-9(2)8-6-4-3-5-7-8;;/h2-10H,1H3;2-5H,1H3;3-7H,1-2H3;1H3;/q2*-1;;-1;+3/p+2. The zero-order chi connectivity index (χ0) is 26.3. The maximum Gasteiger partial charge on any atom is 3.00 e. The first kappa shape index (κ1) is 34.1. The molecule has 1 atom stereocenters. The van der Waals surface area contributed by atoms with E-state index in [1.54, 1.807) is 13.1 Å². The molecule has 0 aliphatic carbocycles. The third kappa shape index (κ3) is 13.1. The number of aryl methyl sites for hydroxylation is 1. The van der Waals surface area contributed by atoms with Gasteiger partial charge in [0.15, 0.2) is 5.75 Å². The summed E-state index contributed by atoms with van der Waals surface area (Å²) >= 11 is 0. The summed E-state index contributed by atoms with van der Waals surface area (Å²) in [4.78, 5) is 8.19. The fourth-order valence-corrected chi connectivity index (χ4v) is 4.77. The molecule has 0 fully saturated rings. The molecule has 204 valence electrons. The summed E-state index contributed by atoms with van der Waals surface area (Å²) in [6.45, 7) is 8.37. The van der Waals surface area contributed by atoms with Gasteiger partial charge in [-0.1, -0.05) is 42.5 Å². The fourth-order valence-electron chi connectivity index (χ4n) is 2.96. The first-order valence-corrected chi connectivity index (χ1v) is 16.1. The predicted molar refractivity (Wildman–Crippen MR) is 163 cm³/mol. The smallest absolute Gasteiger partial charge is 0.421 e. The average Bonchev–Trinajstić information content (AvgIpc) is 3.38. The molecule has 9 heteroatoms. The van der Waals surface area contributed by atoms with Gasteiger partial charge in [-0.25, -0.2) is 0 Å². The molecule has 39 heavy (non-hydrogen) atoms. The van der Waals surface area contributed by atoms with Gasteiger partial charge in [0.25, 0.3) is 0 Å². The molecule has 6 nitrogen and oxygen atoms in total. The second kappa shape index (κ2) is 19.2. The molecule has 1 unspecified atom stereocenters. The molecule has 0 amide bonds. The third-order valence-electron chi connectivity index (χ3n) is 4.74. The van der Waals surface area contributed by atoms with Crippen LogP contribution >= 0.6 is 16.3 Å². The van der Waals surface area contributed by atoms with Crippen molar-refractivity contribution in [3.63, 3.8) is 0 Å². The average molecular weight is 738 g/mol. The van der Waals surface area contributed by atoms with Crippen LogP contribution in [0, 0.1) is 20.4 Å². The van der Waals surface area contributed by atoms with Crippen LogP contribution in [0.5, 0.6) is 11.5 Å². The van der Waals surface area contributed by atoms with Gasteiger partial charge in [-0.3, -0.25) is 10.1 Å². The molecule has 0 N–H and O–H groups in total. The van der Waals surface area contributed by atoms with Crippen molar-refractivity contribution in [2.75, 3.05) is 20.0 Å². The number of aromatic nitrogens is 4. The van der Waals surface area contributed by atoms with Crippen LogP contribution in [0.3, 0.4) is 0 Å². The summed E-state index contributed by atoms with van der Waals surface area (Å²) in [6, 6.07) is 36.5. The molecular weight excluding hydrogens is 703 g/mol. The maximum absolute atomic E-state index is 5.68. The van der Waals surface area contributed by atoms with E-state index in [1.807, 2.05) is 79.5 Å². The Morgan fingerprint density at radius 1 is 0.769 bits per heavy atom. The number of hydrogen-bond acceptors (Lipinski definition) is 5. The topological polar surface area (TPSA) is 71.2 Å². The van der Waals surface area contributed by atoms with Crippen molar-refractivity contribution in [3.05, 3.63) is 129 Å². The number of benzene rings is 3. The normalized spacial score (nSPS) is 10.3. The Labute approximate surface area is 248 Å². The van der Waals surface area contributed by atoms with Gasteiger partial charge in [0.1, 0.15) is 6.66 Å². The minimum absolute atomic E-state index is 0. The van der Waals surface area contributed by atoms with E-state index in [0.717, 1.165) is 17.2 Å². The van der Waals surface area contributed by atoms with Crippen LogP contribution in [0.15, 0.2) is 109 Å². The minimum Gasteiger partial charge on any atom is -0.421 e. The van der Waals surface area contributed by atoms with Gasteiger partial charge in [0.2, 0.25) is 0 Å². The van der Waals surface area contributed by atoms with Crippen LogP contribution in [0.4, 0.5) is 0 Å². The second-order valence-electron chi connectivity index (χ2n) is 8.00. The summed E-state index contributed by atoms with van der Waals surface area (Å²) in [6.07, 6.45) is 1.71. The van der Waals surface area contributed by atoms with E-state index in [9.17, 15) is 0 Å². The molecule has 0 saturated carbocycles. The molecule has 5 rings (SSSR count). The van der Waals surface area contributed by atoms with Crippen molar-refractivity contribution in [1.82, 2.24) is 20.2 Å². The second-order valence-corrected chi connectivity index (χ2v) is 12.0. The molecule has 0 spiro atoms. The molecule has 0 saturated heterocycles. The van der Waals surface area contributed by atoms with E-state index in [2.05, 4.69) is 69.9 Å². The molecular formula is C30H35IrN4O2P2+2. The van der Waals surface area contributed by atoms with E-state index in [-0.39, 0.29) is 35.5 Å². The number of pyridine rings is 1. The summed E-state index contributed by atoms with van der Waals surface area (Å²) in [5, 5.41) is 9.17. The van der Waals surface area contributed by atoms with E-state index in [1.165, 1.54) is 5.30 Å². The molecule has 2 heterocycles. The van der Waals surface area contributed by atoms with Gasteiger partial charge in [0.05, 0.1) is 30.1 Å². The van der Waals surface area contributed by atoms with Crippen molar-refractivity contribution >= 4 is 21.6 Å². The SMILES string of the molecule is C[PH+](C)c1ccccc1.C[PH+](Oc1[c-]cccc1)Oc1ccccc1.Cc1n[n-]c(-c2ccccn2)n1.[CH3-].[Ir+3]. The number of para-hydroxylation sites is 2. The Morgan fingerprint density at radius 2 is 1.41 bits per heavy atom. The summed E-state index contributed by atoms with van der Waals surface area (Å²) in [7, 11) is -1.54. The van der Waals surface area contributed by atoms with Crippen molar-refractivity contribution < 1.29 is 29.2 Å². The van der Waals surface area contributed by atoms with E-state index < -0.39 is 8.38 Å². The van der Waals surface area contributed by atoms with Crippen LogP contribution in [-0.4, -0.2) is 35.1 Å². The number of rotatable bonds is 6. The largest absolute Gasteiger partial charge is 3.00 e. The first-order valence-electron chi connectivity index (χ1n) is 11.8. The zero-order valence-electron chi connectivity index (χ0n) is 22.8. The molecule has 0 aliphatic heterocycles. The quantitative estimate of drug-likeness (QED) is 0.144. The minimum atomic E-state index is -1.33. The molecule has 3 aromatic carbocycles. The van der Waals surface area contributed by atoms with Crippen LogP contribution in [0.2, 0.25) is 0 Å². The molecule has 0 bridgehead atoms. The first-order chi connectivity index (χ1) is 18.0. The monoisotopic (exact) mass is 738 g/mol. The molecule has 2 aromatic heterocycles. The van der Waals surface area contributed by atoms with Gasteiger partial charge in [0, 0.05) is 19.9 Å². The van der Waals surface area contributed by atoms with Crippen LogP contribution in [-0.2, 0) is 20.1 Å². The van der Waals surface area contributed by atoms with Gasteiger partial charge in [-0.2, -0.15) is 18.2 Å². The Hall–Kier alpha value is -2.94. The van der Waals surface area contributed by atoms with Crippen LogP contribution < -0.4 is 19.5 Å². The zero-order valence-corrected chi connectivity index (χ0v) is 27.2. The van der Waals surface area contributed by atoms with Crippen molar-refractivity contribution in [3.8, 4) is 23.0 Å². The Kier molecular flexibility index (Phi) is 16.8. The summed E-state index contributed by atoms with van der Waals surface area (Å²) in [5.41, 5.74) is 0.762. The Balaban J connectivity index is 0.000000297. The van der Waals surface area contributed by atoms with Crippen molar-refractivity contribution in [1.29, 1.82) is 0 Å². The van der Waals surface area contributed by atoms with Crippen molar-refractivity contribution in [2.24, 2.45) is 0 Å². The Bertz CT molecular complexity index is 1240. The van der Waals surface area contributed by atoms with Gasteiger partial charge >= 0.3 is 28.5 Å². The van der Waals surface area contributed by atoms with Crippen LogP contribution in [0.25, 0.3) is 11.5 Å². The van der Waals surface area contributed by atoms with Crippen LogP contribution in [0.1, 0.15) is 5.82 Å². The third-order valence-corrected chi connectivity index (χ3v) is 7.26. The van der Waals surface area contributed by atoms with Gasteiger partial charge in [-0.05, 0) is 49.1 Å². The summed E-state index contributed by atoms with van der Waals surface area (Å²) < 4.78 is 11.3. The number of hydrogen-bond donors (Lipinski definition) is 0. The molecule has 0 aliphatic rings. The molecule has 0 radical (unpaired) electrons. The van der Waals surface area contributed by atoms with Gasteiger partial charge < -0.3 is 26.6 Å². The van der Waals surface area contributed by atoms with E-state index in [0.29, 0.717) is 11.6 Å². The predicted octanol–water partition coefficient (Wildman–Crippen LogP) is 6.66. The van der Waals surface area contributed by atoms with E-state index >= 15 is 0 Å². The summed E-state index contributed by atoms with van der Waals surface area (Å²) in [5.74, 6) is 2.84. The van der Waals surface area contributed by atoms with Gasteiger partial charge in [-0.15, -0.1) is 12.1 Å². The maximum atomic E-state index is 5.68.